The van der Waals surface area contributed by atoms with Crippen molar-refractivity contribution in [2.75, 3.05) is 23.9 Å². The van der Waals surface area contributed by atoms with E-state index < -0.39 is 5.97 Å². The number of carboxylic acid groups (broad SMARTS) is 1. The SMILES string of the molecule is CN(C)c1cc(O[C@H]2CC[C@H](N(c3cc(C(C)(C)C)sc3C(=O)O)C(=O)[C@H]3CC[C@H](C)CC3)CC2)ncn1. The molecule has 0 unspecified atom stereocenters. The molecule has 0 aliphatic heterocycles. The maximum absolute atomic E-state index is 14.1. The van der Waals surface area contributed by atoms with E-state index >= 15 is 0 Å². The molecular formula is C29H42N4O4S. The van der Waals surface area contributed by atoms with E-state index in [4.69, 9.17) is 4.74 Å². The Morgan fingerprint density at radius 1 is 1.00 bits per heavy atom. The molecule has 2 aromatic heterocycles. The van der Waals surface area contributed by atoms with Crippen molar-refractivity contribution in [3.8, 4) is 5.88 Å². The molecule has 2 aliphatic rings. The second kappa shape index (κ2) is 11.6. The van der Waals surface area contributed by atoms with Gasteiger partial charge >= 0.3 is 5.97 Å². The lowest BCUT2D eigenvalue weighted by Crippen LogP contribution is -2.47. The van der Waals surface area contributed by atoms with Crippen molar-refractivity contribution in [3.05, 3.63) is 28.2 Å². The molecule has 208 valence electrons. The van der Waals surface area contributed by atoms with Crippen molar-refractivity contribution in [1.29, 1.82) is 0 Å². The number of aromatic nitrogens is 2. The Hall–Kier alpha value is -2.68. The number of rotatable bonds is 7. The minimum absolute atomic E-state index is 0.00444. The molecule has 0 spiro atoms. The van der Waals surface area contributed by atoms with Crippen LogP contribution in [0.3, 0.4) is 0 Å². The van der Waals surface area contributed by atoms with Gasteiger partial charge in [-0.3, -0.25) is 4.79 Å². The van der Waals surface area contributed by atoms with Crippen LogP contribution in [0.1, 0.15) is 93.6 Å². The fourth-order valence-corrected chi connectivity index (χ4v) is 6.56. The zero-order chi connectivity index (χ0) is 27.6. The molecular weight excluding hydrogens is 500 g/mol. The second-order valence-corrected chi connectivity index (χ2v) is 13.3. The Kier molecular flexibility index (Phi) is 8.65. The lowest BCUT2D eigenvalue weighted by Gasteiger charge is -2.39. The highest BCUT2D eigenvalue weighted by molar-refractivity contribution is 7.14. The molecule has 2 heterocycles. The average Bonchev–Trinajstić information content (AvgIpc) is 3.32. The van der Waals surface area contributed by atoms with Gasteiger partial charge in [-0.15, -0.1) is 11.3 Å². The normalized spacial score (nSPS) is 24.1. The topological polar surface area (TPSA) is 95.9 Å². The van der Waals surface area contributed by atoms with Crippen molar-refractivity contribution in [3.63, 3.8) is 0 Å². The summed E-state index contributed by atoms with van der Waals surface area (Å²) in [5.41, 5.74) is 0.378. The van der Waals surface area contributed by atoms with Gasteiger partial charge in [0.05, 0.1) is 5.69 Å². The number of carbonyl (C=O) groups is 2. The first kappa shape index (κ1) is 28.3. The molecule has 0 aromatic carbocycles. The van der Waals surface area contributed by atoms with Gasteiger partial charge in [0.25, 0.3) is 0 Å². The highest BCUT2D eigenvalue weighted by atomic mass is 32.1. The van der Waals surface area contributed by atoms with Gasteiger partial charge in [0.1, 0.15) is 23.1 Å². The van der Waals surface area contributed by atoms with E-state index in [9.17, 15) is 14.7 Å². The molecule has 8 nitrogen and oxygen atoms in total. The van der Waals surface area contributed by atoms with E-state index in [1.54, 1.807) is 0 Å². The van der Waals surface area contributed by atoms with Crippen LogP contribution in [0.2, 0.25) is 0 Å². The summed E-state index contributed by atoms with van der Waals surface area (Å²) in [6, 6.07) is 3.75. The van der Waals surface area contributed by atoms with Crippen LogP contribution in [0.5, 0.6) is 5.88 Å². The average molecular weight is 543 g/mol. The molecule has 0 radical (unpaired) electrons. The predicted octanol–water partition coefficient (Wildman–Crippen LogP) is 6.15. The molecule has 2 aromatic rings. The fraction of sp³-hybridized carbons (Fsp3) is 0.655. The standard InChI is InChI=1S/C29H42N4O4S/c1-18-7-9-19(10-8-18)27(34)33(22-15-23(29(2,3)4)38-26(22)28(35)36)20-11-13-21(14-12-20)37-25-16-24(32(5)6)30-17-31-25/h15-21H,7-14H2,1-6H3,(H,35,36)/t18-,19-,20-,21-. The molecule has 2 saturated carbocycles. The van der Waals surface area contributed by atoms with Crippen LogP contribution in [0.4, 0.5) is 11.5 Å². The number of carboxylic acids is 1. The van der Waals surface area contributed by atoms with Gasteiger partial charge in [0.2, 0.25) is 11.8 Å². The Morgan fingerprint density at radius 2 is 1.66 bits per heavy atom. The van der Waals surface area contributed by atoms with E-state index in [1.807, 2.05) is 36.0 Å². The summed E-state index contributed by atoms with van der Waals surface area (Å²) >= 11 is 1.30. The first-order valence-corrected chi connectivity index (χ1v) is 14.6. The van der Waals surface area contributed by atoms with Crippen LogP contribution in [-0.4, -0.2) is 53.2 Å². The van der Waals surface area contributed by atoms with Gasteiger partial charge in [-0.05, 0) is 68.8 Å². The molecule has 38 heavy (non-hydrogen) atoms. The van der Waals surface area contributed by atoms with Gasteiger partial charge in [-0.1, -0.05) is 27.7 Å². The third-order valence-electron chi connectivity index (χ3n) is 7.89. The van der Waals surface area contributed by atoms with Crippen LogP contribution in [0, 0.1) is 11.8 Å². The number of amides is 1. The molecule has 0 atom stereocenters. The molecule has 9 heteroatoms. The first-order valence-electron chi connectivity index (χ1n) is 13.8. The minimum atomic E-state index is -0.965. The smallest absolute Gasteiger partial charge is 0.348 e. The van der Waals surface area contributed by atoms with Crippen molar-refractivity contribution in [2.45, 2.75) is 96.6 Å². The van der Waals surface area contributed by atoms with E-state index in [0.29, 0.717) is 17.5 Å². The van der Waals surface area contributed by atoms with E-state index in [2.05, 4.69) is 37.7 Å². The third kappa shape index (κ3) is 6.47. The van der Waals surface area contributed by atoms with Crippen LogP contribution in [-0.2, 0) is 10.2 Å². The number of thiophene rings is 1. The zero-order valence-electron chi connectivity index (χ0n) is 23.6. The Balaban J connectivity index is 1.57. The summed E-state index contributed by atoms with van der Waals surface area (Å²) in [6.45, 7) is 8.50. The van der Waals surface area contributed by atoms with Crippen LogP contribution in [0.25, 0.3) is 0 Å². The first-order chi connectivity index (χ1) is 17.9. The third-order valence-corrected chi connectivity index (χ3v) is 9.43. The van der Waals surface area contributed by atoms with Gasteiger partial charge in [-0.25, -0.2) is 14.8 Å². The zero-order valence-corrected chi connectivity index (χ0v) is 24.4. The number of nitrogens with zero attached hydrogens (tertiary/aromatic N) is 4. The van der Waals surface area contributed by atoms with Gasteiger partial charge < -0.3 is 19.6 Å². The predicted molar refractivity (Wildman–Crippen MR) is 152 cm³/mol. The highest BCUT2D eigenvalue weighted by Gasteiger charge is 2.38. The Morgan fingerprint density at radius 3 is 2.24 bits per heavy atom. The number of hydrogen-bond donors (Lipinski definition) is 1. The van der Waals surface area contributed by atoms with Crippen molar-refractivity contribution < 1.29 is 19.4 Å². The molecule has 0 bridgehead atoms. The second-order valence-electron chi connectivity index (χ2n) is 12.2. The van der Waals surface area contributed by atoms with Gasteiger partial charge in [0.15, 0.2) is 0 Å². The summed E-state index contributed by atoms with van der Waals surface area (Å²) in [5.74, 6) is 1.05. The Bertz CT molecular complexity index is 1130. The van der Waals surface area contributed by atoms with Crippen LogP contribution < -0.4 is 14.5 Å². The Labute approximate surface area is 230 Å². The molecule has 2 fully saturated rings. The van der Waals surface area contributed by atoms with Crippen molar-refractivity contribution in [1.82, 2.24) is 9.97 Å². The number of anilines is 2. The lowest BCUT2D eigenvalue weighted by atomic mass is 9.81. The number of carbonyl (C=O) groups excluding carboxylic acids is 1. The summed E-state index contributed by atoms with van der Waals surface area (Å²) in [5, 5.41) is 10.1. The van der Waals surface area contributed by atoms with Crippen molar-refractivity contribution in [2.24, 2.45) is 11.8 Å². The lowest BCUT2D eigenvalue weighted by molar-refractivity contribution is -0.124. The maximum Gasteiger partial charge on any atom is 0.348 e. The summed E-state index contributed by atoms with van der Waals surface area (Å²) in [7, 11) is 3.85. The number of hydrogen-bond acceptors (Lipinski definition) is 7. The number of ether oxygens (including phenoxy) is 1. The van der Waals surface area contributed by atoms with Crippen molar-refractivity contribution >= 4 is 34.7 Å². The van der Waals surface area contributed by atoms with Gasteiger partial charge in [-0.2, -0.15) is 0 Å². The monoisotopic (exact) mass is 542 g/mol. The quantitative estimate of drug-likeness (QED) is 0.448. The number of aromatic carboxylic acids is 1. The molecule has 0 saturated heterocycles. The van der Waals surface area contributed by atoms with Crippen LogP contribution in [0.15, 0.2) is 18.5 Å². The largest absolute Gasteiger partial charge is 0.477 e. The molecule has 4 rings (SSSR count). The molecule has 2 aliphatic carbocycles. The summed E-state index contributed by atoms with van der Waals surface area (Å²) in [4.78, 5) is 40.0. The summed E-state index contributed by atoms with van der Waals surface area (Å²) in [6.07, 6.45) is 8.39. The van der Waals surface area contributed by atoms with Crippen LogP contribution >= 0.6 is 11.3 Å². The maximum atomic E-state index is 14.1. The van der Waals surface area contributed by atoms with Gasteiger partial charge in [0, 0.05) is 37.0 Å². The fourth-order valence-electron chi connectivity index (χ4n) is 5.51. The summed E-state index contributed by atoms with van der Waals surface area (Å²) < 4.78 is 6.21. The van der Waals surface area contributed by atoms with E-state index in [1.165, 1.54) is 17.7 Å². The highest BCUT2D eigenvalue weighted by Crippen LogP contribution is 2.42. The van der Waals surface area contributed by atoms with E-state index in [0.717, 1.165) is 62.1 Å². The molecule has 1 N–H and O–H groups in total. The molecule has 1 amide bonds. The minimum Gasteiger partial charge on any atom is -0.477 e. The van der Waals surface area contributed by atoms with E-state index in [-0.39, 0.29) is 34.3 Å².